The monoisotopic (exact) mass is 258 g/mol. The summed E-state index contributed by atoms with van der Waals surface area (Å²) in [5.74, 6) is 0.0748. The molecule has 1 unspecified atom stereocenters. The van der Waals surface area contributed by atoms with Crippen LogP contribution in [0.5, 0.6) is 0 Å². The van der Waals surface area contributed by atoms with Crippen molar-refractivity contribution < 1.29 is 14.6 Å². The van der Waals surface area contributed by atoms with Gasteiger partial charge < -0.3 is 20.1 Å². The van der Waals surface area contributed by atoms with Crippen LogP contribution in [0.25, 0.3) is 0 Å². The molecule has 1 rings (SSSR count). The fourth-order valence-corrected chi connectivity index (χ4v) is 2.47. The van der Waals surface area contributed by atoms with Gasteiger partial charge in [-0.3, -0.25) is 4.79 Å². The highest BCUT2D eigenvalue weighted by Crippen LogP contribution is 2.31. The van der Waals surface area contributed by atoms with Crippen molar-refractivity contribution in [3.8, 4) is 0 Å². The quantitative estimate of drug-likeness (QED) is 0.716. The highest BCUT2D eigenvalue weighted by Gasteiger charge is 2.38. The molecule has 0 aliphatic carbocycles. The second-order valence-electron chi connectivity index (χ2n) is 5.52. The lowest BCUT2D eigenvalue weighted by molar-refractivity contribution is -0.138. The Kier molecular flexibility index (Phi) is 6.05. The largest absolute Gasteiger partial charge is 0.395 e. The average molecular weight is 258 g/mol. The number of carbonyl (C=O) groups is 1. The molecule has 1 amide bonds. The number of ether oxygens (including phenoxy) is 1. The van der Waals surface area contributed by atoms with Crippen molar-refractivity contribution in [2.75, 3.05) is 40.0 Å². The van der Waals surface area contributed by atoms with E-state index in [1.54, 1.807) is 12.0 Å². The number of aliphatic hydroxyl groups excluding tert-OH is 1. The minimum absolute atomic E-state index is 0.0113. The third kappa shape index (κ3) is 3.93. The van der Waals surface area contributed by atoms with E-state index >= 15 is 0 Å². The van der Waals surface area contributed by atoms with Crippen LogP contribution in [0, 0.1) is 5.41 Å². The Labute approximate surface area is 109 Å². The van der Waals surface area contributed by atoms with Gasteiger partial charge in [0.2, 0.25) is 5.91 Å². The first-order valence-electron chi connectivity index (χ1n) is 6.65. The van der Waals surface area contributed by atoms with E-state index in [-0.39, 0.29) is 24.0 Å². The van der Waals surface area contributed by atoms with Crippen LogP contribution in [-0.2, 0) is 9.53 Å². The van der Waals surface area contributed by atoms with Crippen LogP contribution in [0.15, 0.2) is 0 Å². The zero-order chi connectivity index (χ0) is 13.6. The topological polar surface area (TPSA) is 61.8 Å². The van der Waals surface area contributed by atoms with Crippen LogP contribution in [0.4, 0.5) is 0 Å². The number of amides is 1. The summed E-state index contributed by atoms with van der Waals surface area (Å²) in [4.78, 5) is 14.2. The van der Waals surface area contributed by atoms with Gasteiger partial charge in [-0.05, 0) is 24.8 Å². The average Bonchev–Trinajstić information content (AvgIpc) is 2.33. The van der Waals surface area contributed by atoms with Gasteiger partial charge in [-0.25, -0.2) is 0 Å². The molecule has 2 N–H and O–H groups in total. The number of aliphatic hydroxyl groups is 1. The van der Waals surface area contributed by atoms with E-state index in [4.69, 9.17) is 9.84 Å². The Hall–Kier alpha value is -0.650. The number of hydrogen-bond acceptors (Lipinski definition) is 4. The van der Waals surface area contributed by atoms with Crippen LogP contribution in [0.1, 0.15) is 26.7 Å². The van der Waals surface area contributed by atoms with Crippen molar-refractivity contribution in [3.05, 3.63) is 0 Å². The first kappa shape index (κ1) is 15.4. The second-order valence-corrected chi connectivity index (χ2v) is 5.52. The fraction of sp³-hybridized carbons (Fsp3) is 0.923. The minimum Gasteiger partial charge on any atom is -0.395 e. The van der Waals surface area contributed by atoms with Crippen molar-refractivity contribution >= 4 is 5.91 Å². The van der Waals surface area contributed by atoms with Crippen molar-refractivity contribution in [2.45, 2.75) is 32.7 Å². The van der Waals surface area contributed by atoms with Crippen molar-refractivity contribution in [1.29, 1.82) is 0 Å². The Morgan fingerprint density at radius 3 is 2.78 bits per heavy atom. The molecular formula is C13H26N2O3. The van der Waals surface area contributed by atoms with Gasteiger partial charge in [-0.2, -0.15) is 0 Å². The molecule has 0 spiro atoms. The van der Waals surface area contributed by atoms with Crippen molar-refractivity contribution in [3.63, 3.8) is 0 Å². The van der Waals surface area contributed by atoms with Crippen LogP contribution >= 0.6 is 0 Å². The molecule has 0 radical (unpaired) electrons. The molecule has 0 aromatic rings. The van der Waals surface area contributed by atoms with Crippen LogP contribution in [0.3, 0.4) is 0 Å². The molecule has 1 aliphatic rings. The third-order valence-electron chi connectivity index (χ3n) is 3.62. The van der Waals surface area contributed by atoms with Gasteiger partial charge >= 0.3 is 0 Å². The predicted octanol–water partition coefficient (Wildman–Crippen LogP) is 0.232. The summed E-state index contributed by atoms with van der Waals surface area (Å²) in [7, 11) is 1.62. The molecule has 106 valence electrons. The van der Waals surface area contributed by atoms with E-state index in [0.29, 0.717) is 19.7 Å². The zero-order valence-electron chi connectivity index (χ0n) is 11.7. The molecule has 0 bridgehead atoms. The summed E-state index contributed by atoms with van der Waals surface area (Å²) in [6, 6.07) is -0.158. The lowest BCUT2D eigenvalue weighted by atomic mass is 9.77. The van der Waals surface area contributed by atoms with Gasteiger partial charge in [0, 0.05) is 20.2 Å². The Bertz CT molecular complexity index is 269. The van der Waals surface area contributed by atoms with E-state index in [1.165, 1.54) is 0 Å². The first-order valence-corrected chi connectivity index (χ1v) is 6.65. The van der Waals surface area contributed by atoms with Gasteiger partial charge in [-0.15, -0.1) is 0 Å². The SMILES string of the molecule is COCCN(CCO)C(=O)C1NCCCC1(C)C. The summed E-state index contributed by atoms with van der Waals surface area (Å²) < 4.78 is 5.01. The molecule has 0 aromatic carbocycles. The van der Waals surface area contributed by atoms with Gasteiger partial charge in [0.15, 0.2) is 0 Å². The van der Waals surface area contributed by atoms with Crippen LogP contribution in [0.2, 0.25) is 0 Å². The van der Waals surface area contributed by atoms with Crippen molar-refractivity contribution in [2.24, 2.45) is 5.41 Å². The van der Waals surface area contributed by atoms with E-state index in [1.807, 2.05) is 0 Å². The van der Waals surface area contributed by atoms with Gasteiger partial charge in [-0.1, -0.05) is 13.8 Å². The molecule has 1 atom stereocenters. The lowest BCUT2D eigenvalue weighted by Crippen LogP contribution is -2.57. The van der Waals surface area contributed by atoms with Gasteiger partial charge in [0.25, 0.3) is 0 Å². The number of rotatable bonds is 6. The Morgan fingerprint density at radius 1 is 1.50 bits per heavy atom. The Balaban J connectivity index is 2.67. The summed E-state index contributed by atoms with van der Waals surface area (Å²) in [6.45, 7) is 6.52. The normalized spacial score (nSPS) is 22.8. The van der Waals surface area contributed by atoms with Crippen LogP contribution < -0.4 is 5.32 Å². The minimum atomic E-state index is -0.158. The summed E-state index contributed by atoms with van der Waals surface area (Å²) >= 11 is 0. The number of piperidine rings is 1. The molecule has 1 aliphatic heterocycles. The van der Waals surface area contributed by atoms with Crippen LogP contribution in [-0.4, -0.2) is 61.9 Å². The summed E-state index contributed by atoms with van der Waals surface area (Å²) in [6.07, 6.45) is 2.16. The number of carbonyl (C=O) groups excluding carboxylic acids is 1. The molecule has 0 saturated carbocycles. The molecule has 5 nitrogen and oxygen atoms in total. The Morgan fingerprint density at radius 2 is 2.22 bits per heavy atom. The number of nitrogens with one attached hydrogen (secondary N) is 1. The molecule has 5 heteroatoms. The number of methoxy groups -OCH3 is 1. The maximum absolute atomic E-state index is 12.5. The second kappa shape index (κ2) is 7.07. The van der Waals surface area contributed by atoms with E-state index in [0.717, 1.165) is 19.4 Å². The first-order chi connectivity index (χ1) is 8.53. The molecule has 1 fully saturated rings. The van der Waals surface area contributed by atoms with E-state index < -0.39 is 0 Å². The molecule has 18 heavy (non-hydrogen) atoms. The van der Waals surface area contributed by atoms with E-state index in [2.05, 4.69) is 19.2 Å². The number of nitrogens with zero attached hydrogens (tertiary/aromatic N) is 1. The number of hydrogen-bond donors (Lipinski definition) is 2. The summed E-state index contributed by atoms with van der Waals surface area (Å²) in [5, 5.41) is 12.4. The van der Waals surface area contributed by atoms with Crippen molar-refractivity contribution in [1.82, 2.24) is 10.2 Å². The maximum Gasteiger partial charge on any atom is 0.240 e. The molecule has 0 aromatic heterocycles. The highest BCUT2D eigenvalue weighted by atomic mass is 16.5. The smallest absolute Gasteiger partial charge is 0.240 e. The predicted molar refractivity (Wildman–Crippen MR) is 70.3 cm³/mol. The van der Waals surface area contributed by atoms with E-state index in [9.17, 15) is 4.79 Å². The molecule has 1 saturated heterocycles. The van der Waals surface area contributed by atoms with Gasteiger partial charge in [0.05, 0.1) is 19.3 Å². The third-order valence-corrected chi connectivity index (χ3v) is 3.62. The maximum atomic E-state index is 12.5. The van der Waals surface area contributed by atoms with Gasteiger partial charge in [0.1, 0.15) is 0 Å². The highest BCUT2D eigenvalue weighted by molar-refractivity contribution is 5.83. The summed E-state index contributed by atoms with van der Waals surface area (Å²) in [5.41, 5.74) is -0.0316. The lowest BCUT2D eigenvalue weighted by Gasteiger charge is -2.40. The molecular weight excluding hydrogens is 232 g/mol. The fourth-order valence-electron chi connectivity index (χ4n) is 2.47. The standard InChI is InChI=1S/C13H26N2O3/c1-13(2)5-4-6-14-11(13)12(17)15(7-9-16)8-10-18-3/h11,14,16H,4-10H2,1-3H3. The zero-order valence-corrected chi connectivity index (χ0v) is 11.7. The molecule has 1 heterocycles.